The van der Waals surface area contributed by atoms with Crippen molar-refractivity contribution in [3.63, 3.8) is 0 Å². The number of carbonyl (C=O) groups is 2. The average molecular weight is 301 g/mol. The lowest BCUT2D eigenvalue weighted by Crippen LogP contribution is -2.33. The average Bonchev–Trinajstić information content (AvgIpc) is 2.44. The molecule has 1 unspecified atom stereocenters. The topological polar surface area (TPSA) is 98.8 Å². The maximum absolute atomic E-state index is 12.0. The summed E-state index contributed by atoms with van der Waals surface area (Å²) in [6.45, 7) is 1.19. The molecule has 7 nitrogen and oxygen atoms in total. The van der Waals surface area contributed by atoms with Crippen molar-refractivity contribution < 1.29 is 27.5 Å². The molecular formula is C12H15NO6S. The first-order valence-electron chi connectivity index (χ1n) is 5.60. The molecule has 0 aromatic heterocycles. The summed E-state index contributed by atoms with van der Waals surface area (Å²) in [5.41, 5.74) is 0.0887. The molecule has 0 saturated heterocycles. The number of rotatable bonds is 5. The standard InChI is InChI=1S/C12H15NO6S/c1-8(11(14)18-2)20(16,17)13-10-7-5-4-6-9(10)12(15)19-3/h4-8,13H,1-3H3. The zero-order valence-electron chi connectivity index (χ0n) is 11.2. The molecule has 1 aromatic carbocycles. The maximum atomic E-state index is 12.0. The van der Waals surface area contributed by atoms with Gasteiger partial charge in [-0.05, 0) is 19.1 Å². The molecule has 0 saturated carbocycles. The smallest absolute Gasteiger partial charge is 0.339 e. The summed E-state index contributed by atoms with van der Waals surface area (Å²) in [6, 6.07) is 5.92. The number of methoxy groups -OCH3 is 2. The molecule has 1 N–H and O–H groups in total. The Hall–Kier alpha value is -2.09. The van der Waals surface area contributed by atoms with Crippen LogP contribution >= 0.6 is 0 Å². The van der Waals surface area contributed by atoms with E-state index in [1.807, 2.05) is 0 Å². The van der Waals surface area contributed by atoms with Gasteiger partial charge in [-0.1, -0.05) is 12.1 Å². The monoisotopic (exact) mass is 301 g/mol. The fraction of sp³-hybridized carbons (Fsp3) is 0.333. The van der Waals surface area contributed by atoms with Crippen molar-refractivity contribution in [1.82, 2.24) is 0 Å². The van der Waals surface area contributed by atoms with E-state index in [0.29, 0.717) is 0 Å². The van der Waals surface area contributed by atoms with Crippen LogP contribution in [-0.2, 0) is 24.3 Å². The van der Waals surface area contributed by atoms with Gasteiger partial charge in [0.25, 0.3) is 0 Å². The van der Waals surface area contributed by atoms with Gasteiger partial charge in [-0.3, -0.25) is 9.52 Å². The SMILES string of the molecule is COC(=O)c1ccccc1NS(=O)(=O)C(C)C(=O)OC. The normalized spacial score (nSPS) is 12.3. The Morgan fingerprint density at radius 2 is 1.75 bits per heavy atom. The third-order valence-electron chi connectivity index (χ3n) is 2.58. The van der Waals surface area contributed by atoms with Crippen molar-refractivity contribution in [2.75, 3.05) is 18.9 Å². The lowest BCUT2D eigenvalue weighted by atomic mass is 10.2. The highest BCUT2D eigenvalue weighted by Gasteiger charge is 2.30. The van der Waals surface area contributed by atoms with Gasteiger partial charge in [-0.25, -0.2) is 13.2 Å². The van der Waals surface area contributed by atoms with E-state index in [9.17, 15) is 18.0 Å². The highest BCUT2D eigenvalue weighted by atomic mass is 32.2. The summed E-state index contributed by atoms with van der Waals surface area (Å²) < 4.78 is 35.1. The van der Waals surface area contributed by atoms with Gasteiger partial charge in [-0.15, -0.1) is 0 Å². The van der Waals surface area contributed by atoms with Gasteiger partial charge in [0, 0.05) is 0 Å². The maximum Gasteiger partial charge on any atom is 0.339 e. The van der Waals surface area contributed by atoms with Crippen molar-refractivity contribution >= 4 is 27.6 Å². The number of hydrogen-bond acceptors (Lipinski definition) is 6. The van der Waals surface area contributed by atoms with Crippen molar-refractivity contribution in [3.8, 4) is 0 Å². The lowest BCUT2D eigenvalue weighted by molar-refractivity contribution is -0.139. The number of benzene rings is 1. The van der Waals surface area contributed by atoms with Crippen LogP contribution in [0.4, 0.5) is 5.69 Å². The number of esters is 2. The van der Waals surface area contributed by atoms with Crippen LogP contribution in [0.25, 0.3) is 0 Å². The van der Waals surface area contributed by atoms with Crippen molar-refractivity contribution in [1.29, 1.82) is 0 Å². The van der Waals surface area contributed by atoms with Gasteiger partial charge in [0.15, 0.2) is 5.25 Å². The molecular weight excluding hydrogens is 286 g/mol. The van der Waals surface area contributed by atoms with E-state index in [4.69, 9.17) is 0 Å². The molecule has 110 valence electrons. The molecule has 1 atom stereocenters. The van der Waals surface area contributed by atoms with Gasteiger partial charge in [0.1, 0.15) is 0 Å². The Morgan fingerprint density at radius 3 is 2.30 bits per heavy atom. The van der Waals surface area contributed by atoms with Gasteiger partial charge in [0.05, 0.1) is 25.5 Å². The van der Waals surface area contributed by atoms with E-state index in [-0.39, 0.29) is 11.3 Å². The largest absolute Gasteiger partial charge is 0.468 e. The summed E-state index contributed by atoms with van der Waals surface area (Å²) in [5.74, 6) is -1.58. The zero-order valence-corrected chi connectivity index (χ0v) is 12.1. The molecule has 0 bridgehead atoms. The van der Waals surface area contributed by atoms with Crippen LogP contribution in [0, 0.1) is 0 Å². The summed E-state index contributed by atoms with van der Waals surface area (Å²) in [6.07, 6.45) is 0. The first-order valence-corrected chi connectivity index (χ1v) is 7.15. The van der Waals surface area contributed by atoms with Crippen LogP contribution in [0.5, 0.6) is 0 Å². The van der Waals surface area contributed by atoms with Crippen LogP contribution in [0.3, 0.4) is 0 Å². The van der Waals surface area contributed by atoms with Crippen LogP contribution in [0.2, 0.25) is 0 Å². The summed E-state index contributed by atoms with van der Waals surface area (Å²) in [7, 11) is -1.74. The molecule has 20 heavy (non-hydrogen) atoms. The first kappa shape index (κ1) is 16.0. The zero-order chi connectivity index (χ0) is 15.3. The number of para-hydroxylation sites is 1. The minimum atomic E-state index is -4.02. The second kappa shape index (κ2) is 6.38. The summed E-state index contributed by atoms with van der Waals surface area (Å²) in [4.78, 5) is 22.8. The van der Waals surface area contributed by atoms with Crippen LogP contribution in [-0.4, -0.2) is 39.8 Å². The van der Waals surface area contributed by atoms with Crippen molar-refractivity contribution in [2.45, 2.75) is 12.2 Å². The molecule has 0 amide bonds. The van der Waals surface area contributed by atoms with Crippen LogP contribution in [0.1, 0.15) is 17.3 Å². The lowest BCUT2D eigenvalue weighted by Gasteiger charge is -2.14. The van der Waals surface area contributed by atoms with Gasteiger partial charge in [-0.2, -0.15) is 0 Å². The predicted molar refractivity (Wildman–Crippen MR) is 71.8 cm³/mol. The molecule has 0 aliphatic heterocycles. The van der Waals surface area contributed by atoms with E-state index in [0.717, 1.165) is 7.11 Å². The minimum Gasteiger partial charge on any atom is -0.468 e. The van der Waals surface area contributed by atoms with E-state index < -0.39 is 27.2 Å². The molecule has 0 radical (unpaired) electrons. The predicted octanol–water partition coefficient (Wildman–Crippen LogP) is 0.776. The number of carbonyl (C=O) groups excluding carboxylic acids is 2. The second-order valence-electron chi connectivity index (χ2n) is 3.85. The van der Waals surface area contributed by atoms with E-state index in [1.54, 1.807) is 12.1 Å². The van der Waals surface area contributed by atoms with Crippen LogP contribution in [0.15, 0.2) is 24.3 Å². The Morgan fingerprint density at radius 1 is 1.15 bits per heavy atom. The van der Waals surface area contributed by atoms with Crippen molar-refractivity contribution in [3.05, 3.63) is 29.8 Å². The summed E-state index contributed by atoms with van der Waals surface area (Å²) >= 11 is 0. The highest BCUT2D eigenvalue weighted by Crippen LogP contribution is 2.19. The van der Waals surface area contributed by atoms with Gasteiger partial charge < -0.3 is 9.47 Å². The number of ether oxygens (including phenoxy) is 2. The third-order valence-corrected chi connectivity index (χ3v) is 4.21. The van der Waals surface area contributed by atoms with E-state index in [1.165, 1.54) is 26.2 Å². The second-order valence-corrected chi connectivity index (χ2v) is 5.85. The number of hydrogen-bond donors (Lipinski definition) is 1. The Bertz CT molecular complexity index is 610. The highest BCUT2D eigenvalue weighted by molar-refractivity contribution is 7.94. The molecule has 0 fully saturated rings. The Balaban J connectivity index is 3.10. The summed E-state index contributed by atoms with van der Waals surface area (Å²) in [5, 5.41) is -1.40. The quantitative estimate of drug-likeness (QED) is 0.807. The van der Waals surface area contributed by atoms with E-state index in [2.05, 4.69) is 14.2 Å². The van der Waals surface area contributed by atoms with Gasteiger partial charge >= 0.3 is 11.9 Å². The minimum absolute atomic E-state index is 0.0371. The third kappa shape index (κ3) is 3.47. The van der Waals surface area contributed by atoms with E-state index >= 15 is 0 Å². The fourth-order valence-corrected chi connectivity index (χ4v) is 2.41. The molecule has 0 aliphatic carbocycles. The number of nitrogens with one attached hydrogen (secondary N) is 1. The Kier molecular flexibility index (Phi) is 5.09. The van der Waals surface area contributed by atoms with Gasteiger partial charge in [0.2, 0.25) is 10.0 Å². The molecule has 1 rings (SSSR count). The molecule has 8 heteroatoms. The van der Waals surface area contributed by atoms with Crippen molar-refractivity contribution in [2.24, 2.45) is 0 Å². The molecule has 0 spiro atoms. The first-order chi connectivity index (χ1) is 9.33. The Labute approximate surface area is 116 Å². The number of anilines is 1. The fourth-order valence-electron chi connectivity index (χ4n) is 1.39. The molecule has 0 aliphatic rings. The number of sulfonamides is 1. The molecule has 1 aromatic rings. The molecule has 0 heterocycles. The van der Waals surface area contributed by atoms with Crippen LogP contribution < -0.4 is 4.72 Å².